The van der Waals surface area contributed by atoms with E-state index in [4.69, 9.17) is 0 Å². The highest BCUT2D eigenvalue weighted by Crippen LogP contribution is 2.39. The molecule has 15 heavy (non-hydrogen) atoms. The number of benzene rings is 1. The molecule has 2 atom stereocenters. The van der Waals surface area contributed by atoms with Crippen LogP contribution in [0.25, 0.3) is 0 Å². The Morgan fingerprint density at radius 1 is 1.27 bits per heavy atom. The fourth-order valence-corrected chi connectivity index (χ4v) is 3.40. The zero-order valence-corrected chi connectivity index (χ0v) is 9.42. The van der Waals surface area contributed by atoms with Crippen LogP contribution in [0.5, 0.6) is 0 Å². The number of rotatable bonds is 1. The van der Waals surface area contributed by atoms with Crippen molar-refractivity contribution < 1.29 is 0 Å². The van der Waals surface area contributed by atoms with E-state index in [-0.39, 0.29) is 0 Å². The average molecular weight is 201 g/mol. The molecule has 0 amide bonds. The van der Waals surface area contributed by atoms with E-state index in [1.54, 1.807) is 11.1 Å². The SMILES string of the molecule is Cc1cccc2c1C(C1CCCN1)CC2. The van der Waals surface area contributed by atoms with Crippen LogP contribution >= 0.6 is 0 Å². The lowest BCUT2D eigenvalue weighted by atomic mass is 9.89. The van der Waals surface area contributed by atoms with Crippen LogP contribution in [0.15, 0.2) is 18.2 Å². The third-order valence-electron chi connectivity index (χ3n) is 4.09. The van der Waals surface area contributed by atoms with Gasteiger partial charge in [-0.3, -0.25) is 0 Å². The minimum atomic E-state index is 0.757. The Balaban J connectivity index is 1.96. The Hall–Kier alpha value is -0.820. The Labute approximate surface area is 91.9 Å². The number of hydrogen-bond acceptors (Lipinski definition) is 1. The standard InChI is InChI=1S/C14H19N/c1-10-4-2-5-11-7-8-12(14(10)11)13-6-3-9-15-13/h2,4-5,12-13,15H,3,6-9H2,1H3. The second-order valence-electron chi connectivity index (χ2n) is 5.00. The highest BCUT2D eigenvalue weighted by Gasteiger charge is 2.32. The van der Waals surface area contributed by atoms with Crippen LogP contribution in [-0.2, 0) is 6.42 Å². The molecule has 2 aliphatic rings. The van der Waals surface area contributed by atoms with Gasteiger partial charge in [0.1, 0.15) is 0 Å². The van der Waals surface area contributed by atoms with Crippen molar-refractivity contribution >= 4 is 0 Å². The molecule has 0 aromatic heterocycles. The quantitative estimate of drug-likeness (QED) is 0.736. The van der Waals surface area contributed by atoms with Gasteiger partial charge in [0.05, 0.1) is 0 Å². The van der Waals surface area contributed by atoms with Gasteiger partial charge in [0.2, 0.25) is 0 Å². The summed E-state index contributed by atoms with van der Waals surface area (Å²) < 4.78 is 0. The van der Waals surface area contributed by atoms with Crippen LogP contribution in [-0.4, -0.2) is 12.6 Å². The first kappa shape index (κ1) is 9.41. The first-order valence-electron chi connectivity index (χ1n) is 6.18. The van der Waals surface area contributed by atoms with Crippen molar-refractivity contribution in [3.8, 4) is 0 Å². The van der Waals surface area contributed by atoms with Gasteiger partial charge in [-0.05, 0) is 55.8 Å². The highest BCUT2D eigenvalue weighted by molar-refractivity contribution is 5.42. The summed E-state index contributed by atoms with van der Waals surface area (Å²) in [6.45, 7) is 3.49. The van der Waals surface area contributed by atoms with E-state index in [1.165, 1.54) is 37.8 Å². The molecule has 3 rings (SSSR count). The highest BCUT2D eigenvalue weighted by atomic mass is 14.9. The summed E-state index contributed by atoms with van der Waals surface area (Å²) in [4.78, 5) is 0. The van der Waals surface area contributed by atoms with E-state index in [0.717, 1.165) is 12.0 Å². The molecule has 1 nitrogen and oxygen atoms in total. The predicted molar refractivity (Wildman–Crippen MR) is 63.3 cm³/mol. The van der Waals surface area contributed by atoms with Gasteiger partial charge in [-0.2, -0.15) is 0 Å². The van der Waals surface area contributed by atoms with Gasteiger partial charge in [-0.1, -0.05) is 18.2 Å². The van der Waals surface area contributed by atoms with E-state index in [0.29, 0.717) is 0 Å². The van der Waals surface area contributed by atoms with Crippen LogP contribution in [0, 0.1) is 6.92 Å². The van der Waals surface area contributed by atoms with E-state index in [2.05, 4.69) is 30.4 Å². The number of hydrogen-bond donors (Lipinski definition) is 1. The number of fused-ring (bicyclic) bond motifs is 1. The fourth-order valence-electron chi connectivity index (χ4n) is 3.40. The largest absolute Gasteiger partial charge is 0.313 e. The summed E-state index contributed by atoms with van der Waals surface area (Å²) in [5, 5.41) is 3.67. The van der Waals surface area contributed by atoms with E-state index in [9.17, 15) is 0 Å². The van der Waals surface area contributed by atoms with Crippen molar-refractivity contribution in [3.63, 3.8) is 0 Å². The minimum absolute atomic E-state index is 0.757. The third kappa shape index (κ3) is 1.50. The summed E-state index contributed by atoms with van der Waals surface area (Å²) in [5.41, 5.74) is 4.77. The zero-order chi connectivity index (χ0) is 10.3. The van der Waals surface area contributed by atoms with Crippen LogP contribution in [0.3, 0.4) is 0 Å². The monoisotopic (exact) mass is 201 g/mol. The summed E-state index contributed by atoms with van der Waals surface area (Å²) in [6, 6.07) is 7.55. The number of nitrogens with one attached hydrogen (secondary N) is 1. The first-order valence-corrected chi connectivity index (χ1v) is 6.18. The van der Waals surface area contributed by atoms with Crippen LogP contribution in [0.2, 0.25) is 0 Å². The molecule has 0 radical (unpaired) electrons. The molecule has 1 aromatic rings. The lowest BCUT2D eigenvalue weighted by Crippen LogP contribution is -2.27. The fraction of sp³-hybridized carbons (Fsp3) is 0.571. The molecule has 1 aliphatic carbocycles. The molecule has 1 aromatic carbocycles. The molecule has 0 saturated carbocycles. The normalized spacial score (nSPS) is 29.4. The van der Waals surface area contributed by atoms with Crippen LogP contribution in [0.1, 0.15) is 41.9 Å². The summed E-state index contributed by atoms with van der Waals surface area (Å²) in [6.07, 6.45) is 5.39. The Morgan fingerprint density at radius 3 is 3.00 bits per heavy atom. The molecule has 1 heteroatoms. The summed E-state index contributed by atoms with van der Waals surface area (Å²) in [7, 11) is 0. The molecular weight excluding hydrogens is 182 g/mol. The molecule has 0 bridgehead atoms. The molecule has 1 heterocycles. The predicted octanol–water partition coefficient (Wildman–Crippen LogP) is 2.78. The lowest BCUT2D eigenvalue weighted by Gasteiger charge is -2.21. The van der Waals surface area contributed by atoms with Gasteiger partial charge in [-0.15, -0.1) is 0 Å². The lowest BCUT2D eigenvalue weighted by molar-refractivity contribution is 0.484. The van der Waals surface area contributed by atoms with Crippen molar-refractivity contribution in [1.82, 2.24) is 5.32 Å². The first-order chi connectivity index (χ1) is 7.36. The molecule has 1 saturated heterocycles. The Morgan fingerprint density at radius 2 is 2.20 bits per heavy atom. The Bertz CT molecular complexity index is 364. The molecule has 1 N–H and O–H groups in total. The van der Waals surface area contributed by atoms with Gasteiger partial charge in [0.15, 0.2) is 0 Å². The van der Waals surface area contributed by atoms with Crippen molar-refractivity contribution in [3.05, 3.63) is 34.9 Å². The molecule has 2 unspecified atom stereocenters. The van der Waals surface area contributed by atoms with Crippen LogP contribution < -0.4 is 5.32 Å². The Kier molecular flexibility index (Phi) is 2.28. The van der Waals surface area contributed by atoms with Crippen molar-refractivity contribution in [2.45, 2.75) is 44.6 Å². The molecular formula is C14H19N. The van der Waals surface area contributed by atoms with E-state index >= 15 is 0 Å². The van der Waals surface area contributed by atoms with Gasteiger partial charge in [0.25, 0.3) is 0 Å². The maximum absolute atomic E-state index is 3.67. The van der Waals surface area contributed by atoms with Crippen molar-refractivity contribution in [2.24, 2.45) is 0 Å². The topological polar surface area (TPSA) is 12.0 Å². The maximum atomic E-state index is 3.67. The van der Waals surface area contributed by atoms with Gasteiger partial charge in [-0.25, -0.2) is 0 Å². The molecule has 80 valence electrons. The van der Waals surface area contributed by atoms with Crippen molar-refractivity contribution in [2.75, 3.05) is 6.54 Å². The van der Waals surface area contributed by atoms with Gasteiger partial charge >= 0.3 is 0 Å². The maximum Gasteiger partial charge on any atom is 0.0137 e. The second-order valence-corrected chi connectivity index (χ2v) is 5.00. The average Bonchev–Trinajstić information content (AvgIpc) is 2.85. The van der Waals surface area contributed by atoms with Crippen molar-refractivity contribution in [1.29, 1.82) is 0 Å². The third-order valence-corrected chi connectivity index (χ3v) is 4.09. The second kappa shape index (κ2) is 3.64. The molecule has 1 fully saturated rings. The van der Waals surface area contributed by atoms with E-state index in [1.807, 2.05) is 0 Å². The van der Waals surface area contributed by atoms with E-state index < -0.39 is 0 Å². The number of aryl methyl sites for hydroxylation is 2. The van der Waals surface area contributed by atoms with Gasteiger partial charge in [0, 0.05) is 12.0 Å². The molecule has 0 spiro atoms. The molecule has 1 aliphatic heterocycles. The van der Waals surface area contributed by atoms with Crippen LogP contribution in [0.4, 0.5) is 0 Å². The summed E-state index contributed by atoms with van der Waals surface area (Å²) in [5.74, 6) is 0.795. The summed E-state index contributed by atoms with van der Waals surface area (Å²) >= 11 is 0. The van der Waals surface area contributed by atoms with Gasteiger partial charge < -0.3 is 5.32 Å². The smallest absolute Gasteiger partial charge is 0.0137 e. The minimum Gasteiger partial charge on any atom is -0.313 e. The zero-order valence-electron chi connectivity index (χ0n) is 9.42.